The van der Waals surface area contributed by atoms with Crippen molar-refractivity contribution in [2.75, 3.05) is 13.2 Å². The van der Waals surface area contributed by atoms with Crippen LogP contribution in [0.15, 0.2) is 64.5 Å². The van der Waals surface area contributed by atoms with Crippen molar-refractivity contribution in [3.8, 4) is 0 Å². The minimum absolute atomic E-state index is 0.00189. The van der Waals surface area contributed by atoms with Crippen molar-refractivity contribution in [1.82, 2.24) is 14.0 Å². The van der Waals surface area contributed by atoms with Gasteiger partial charge in [0.05, 0.1) is 24.6 Å². The van der Waals surface area contributed by atoms with E-state index < -0.39 is 17.7 Å². The number of hydrogen-bond donors (Lipinski definition) is 0. The number of halogens is 1. The van der Waals surface area contributed by atoms with Crippen LogP contribution in [0.5, 0.6) is 0 Å². The number of fused-ring (bicyclic) bond motifs is 2. The van der Waals surface area contributed by atoms with Gasteiger partial charge < -0.3 is 14.0 Å². The average Bonchev–Trinajstić information content (AvgIpc) is 3.39. The molecular weight excluding hydrogens is 467 g/mol. The Morgan fingerprint density at radius 2 is 2.03 bits per heavy atom. The van der Waals surface area contributed by atoms with Gasteiger partial charge in [-0.25, -0.2) is 14.2 Å². The molecule has 3 aromatic heterocycles. The maximum Gasteiger partial charge on any atom is 0.341 e. The number of benzene rings is 1. The molecule has 0 spiro atoms. The van der Waals surface area contributed by atoms with Crippen LogP contribution in [0.3, 0.4) is 0 Å². The molecule has 0 N–H and O–H groups in total. The van der Waals surface area contributed by atoms with E-state index in [2.05, 4.69) is 9.98 Å². The van der Waals surface area contributed by atoms with Gasteiger partial charge in [0.1, 0.15) is 22.7 Å². The van der Waals surface area contributed by atoms with Crippen LogP contribution in [-0.2, 0) is 16.0 Å². The van der Waals surface area contributed by atoms with Crippen molar-refractivity contribution in [3.05, 3.63) is 87.5 Å². The number of pyridine rings is 2. The molecule has 0 radical (unpaired) electrons. The third-order valence-corrected chi connectivity index (χ3v) is 5.99. The van der Waals surface area contributed by atoms with E-state index in [1.807, 2.05) is 0 Å². The normalized spacial score (nSPS) is 16.1. The number of hydrogen-bond acceptors (Lipinski definition) is 6. The van der Waals surface area contributed by atoms with Crippen molar-refractivity contribution in [1.29, 1.82) is 0 Å². The summed E-state index contributed by atoms with van der Waals surface area (Å²) in [4.78, 5) is 48.4. The van der Waals surface area contributed by atoms with E-state index in [0.717, 1.165) is 25.0 Å². The van der Waals surface area contributed by atoms with Crippen LogP contribution in [-0.4, -0.2) is 45.1 Å². The number of nitrogens with zero attached hydrogens (tertiary/aromatic N) is 4. The van der Waals surface area contributed by atoms with E-state index in [-0.39, 0.29) is 52.5 Å². The lowest BCUT2D eigenvalue weighted by molar-refractivity contribution is 0.0521. The zero-order chi connectivity index (χ0) is 25.2. The molecule has 0 unspecified atom stereocenters. The summed E-state index contributed by atoms with van der Waals surface area (Å²) in [7, 11) is 0. The highest BCUT2D eigenvalue weighted by Gasteiger charge is 2.24. The average molecular weight is 490 g/mol. The summed E-state index contributed by atoms with van der Waals surface area (Å²) in [5, 5.41) is 0.174. The molecule has 1 aliphatic heterocycles. The van der Waals surface area contributed by atoms with Crippen LogP contribution in [0.4, 0.5) is 4.39 Å². The maximum absolute atomic E-state index is 13.4. The lowest BCUT2D eigenvalue weighted by atomic mass is 10.1. The van der Waals surface area contributed by atoms with Gasteiger partial charge in [0.25, 0.3) is 11.5 Å². The van der Waals surface area contributed by atoms with Gasteiger partial charge in [-0.3, -0.25) is 14.0 Å². The lowest BCUT2D eigenvalue weighted by Gasteiger charge is -2.18. The van der Waals surface area contributed by atoms with E-state index in [4.69, 9.17) is 9.47 Å². The number of aromatic nitrogens is 3. The van der Waals surface area contributed by atoms with E-state index in [1.54, 1.807) is 35.9 Å². The number of amides is 1. The molecule has 1 aliphatic rings. The van der Waals surface area contributed by atoms with Crippen molar-refractivity contribution in [3.63, 3.8) is 0 Å². The van der Waals surface area contributed by atoms with Crippen LogP contribution < -0.4 is 11.0 Å². The molecule has 10 heteroatoms. The molecule has 1 saturated heterocycles. The molecule has 1 atom stereocenters. The third-order valence-electron chi connectivity index (χ3n) is 5.99. The zero-order valence-corrected chi connectivity index (χ0v) is 19.5. The first-order valence-electron chi connectivity index (χ1n) is 11.6. The first-order chi connectivity index (χ1) is 17.5. The van der Waals surface area contributed by atoms with Gasteiger partial charge in [0.15, 0.2) is 5.49 Å². The first kappa shape index (κ1) is 23.6. The Morgan fingerprint density at radius 3 is 2.75 bits per heavy atom. The molecule has 4 aromatic rings. The standard InChI is InChI=1S/C26H23FN4O5/c1-2-35-26(34)20-14-19-22(28-21-7-3-4-12-30(21)25(19)33)31(15-18-6-5-13-36-18)23(20)29-24(32)16-8-10-17(27)11-9-16/h3-4,7-12,14,18H,2,5-6,13,15H2,1H3/t18-/m0/s1. The fourth-order valence-electron chi connectivity index (χ4n) is 4.28. The highest BCUT2D eigenvalue weighted by Crippen LogP contribution is 2.17. The fraction of sp³-hybridized carbons (Fsp3) is 0.269. The molecule has 4 heterocycles. The second-order valence-corrected chi connectivity index (χ2v) is 8.35. The smallest absolute Gasteiger partial charge is 0.341 e. The topological polar surface area (TPSA) is 104 Å². The predicted molar refractivity (Wildman–Crippen MR) is 128 cm³/mol. The van der Waals surface area contributed by atoms with Gasteiger partial charge in [-0.05, 0) is 62.2 Å². The van der Waals surface area contributed by atoms with Crippen LogP contribution in [0.25, 0.3) is 16.7 Å². The number of esters is 1. The van der Waals surface area contributed by atoms with Crippen LogP contribution in [0.2, 0.25) is 0 Å². The highest BCUT2D eigenvalue weighted by molar-refractivity contribution is 5.97. The fourth-order valence-corrected chi connectivity index (χ4v) is 4.28. The monoisotopic (exact) mass is 490 g/mol. The Bertz CT molecular complexity index is 1600. The quantitative estimate of drug-likeness (QED) is 0.315. The van der Waals surface area contributed by atoms with E-state index in [9.17, 15) is 18.8 Å². The van der Waals surface area contributed by atoms with Crippen molar-refractivity contribution in [2.45, 2.75) is 32.4 Å². The molecule has 9 nitrogen and oxygen atoms in total. The molecule has 0 aliphatic carbocycles. The minimum Gasteiger partial charge on any atom is -0.462 e. The minimum atomic E-state index is -0.733. The number of rotatable bonds is 5. The maximum atomic E-state index is 13.4. The predicted octanol–water partition coefficient (Wildman–Crippen LogP) is 2.89. The summed E-state index contributed by atoms with van der Waals surface area (Å²) < 4.78 is 27.4. The van der Waals surface area contributed by atoms with Crippen molar-refractivity contribution < 1.29 is 23.5 Å². The van der Waals surface area contributed by atoms with Gasteiger partial charge in [0.2, 0.25) is 0 Å². The molecule has 1 aromatic carbocycles. The van der Waals surface area contributed by atoms with Gasteiger partial charge in [-0.1, -0.05) is 6.07 Å². The van der Waals surface area contributed by atoms with Crippen LogP contribution in [0, 0.1) is 5.82 Å². The molecule has 1 fully saturated rings. The van der Waals surface area contributed by atoms with E-state index >= 15 is 0 Å². The Hall–Kier alpha value is -4.18. The van der Waals surface area contributed by atoms with Crippen LogP contribution in [0.1, 0.15) is 40.5 Å². The summed E-state index contributed by atoms with van der Waals surface area (Å²) >= 11 is 0. The summed E-state index contributed by atoms with van der Waals surface area (Å²) in [6.45, 7) is 2.54. The molecule has 5 rings (SSSR count). The molecule has 1 amide bonds. The molecule has 0 saturated carbocycles. The third kappa shape index (κ3) is 4.42. The van der Waals surface area contributed by atoms with Gasteiger partial charge in [-0.2, -0.15) is 4.99 Å². The zero-order valence-electron chi connectivity index (χ0n) is 19.5. The number of ether oxygens (including phenoxy) is 2. The second kappa shape index (κ2) is 9.82. The Balaban J connectivity index is 1.85. The summed E-state index contributed by atoms with van der Waals surface area (Å²) in [6.07, 6.45) is 2.99. The summed E-state index contributed by atoms with van der Waals surface area (Å²) in [6, 6.07) is 11.5. The summed E-state index contributed by atoms with van der Waals surface area (Å²) in [5.41, 5.74) is 0.377. The van der Waals surface area contributed by atoms with Gasteiger partial charge in [-0.15, -0.1) is 0 Å². The Labute approximate surface area is 204 Å². The largest absolute Gasteiger partial charge is 0.462 e. The number of carbonyl (C=O) groups excluding carboxylic acids is 2. The van der Waals surface area contributed by atoms with Crippen molar-refractivity contribution in [2.24, 2.45) is 4.99 Å². The van der Waals surface area contributed by atoms with E-state index in [0.29, 0.717) is 12.3 Å². The molecule has 184 valence electrons. The highest BCUT2D eigenvalue weighted by atomic mass is 19.1. The summed E-state index contributed by atoms with van der Waals surface area (Å²) in [5.74, 6) is -1.91. The Morgan fingerprint density at radius 1 is 1.22 bits per heavy atom. The van der Waals surface area contributed by atoms with E-state index in [1.165, 1.54) is 22.6 Å². The van der Waals surface area contributed by atoms with Gasteiger partial charge in [0, 0.05) is 18.4 Å². The molecule has 0 bridgehead atoms. The first-order valence-corrected chi connectivity index (χ1v) is 11.6. The van der Waals surface area contributed by atoms with Gasteiger partial charge >= 0.3 is 5.97 Å². The SMILES string of the molecule is CCOC(=O)c1cc2c(=O)n3ccccc3nc2n(C[C@@H]2CCCO2)c1=NC(=O)c1ccc(F)cc1. The van der Waals surface area contributed by atoms with Crippen molar-refractivity contribution >= 4 is 28.6 Å². The van der Waals surface area contributed by atoms with Crippen LogP contribution >= 0.6 is 0 Å². The molecular formula is C26H23FN4O5. The molecule has 36 heavy (non-hydrogen) atoms. The lowest BCUT2D eigenvalue weighted by Crippen LogP contribution is -2.35. The Kier molecular flexibility index (Phi) is 6.43. The number of carbonyl (C=O) groups is 2. The second-order valence-electron chi connectivity index (χ2n) is 8.35.